The highest BCUT2D eigenvalue weighted by Crippen LogP contribution is 2.38. The molecule has 0 radical (unpaired) electrons. The molecule has 1 aromatic heterocycles. The molecular weight excluding hydrogens is 330 g/mol. The Morgan fingerprint density at radius 2 is 1.86 bits per heavy atom. The van der Waals surface area contributed by atoms with Crippen LogP contribution in [-0.4, -0.2) is 31.1 Å². The molecule has 1 aromatic carbocycles. The van der Waals surface area contributed by atoms with Crippen LogP contribution in [0.4, 0.5) is 4.39 Å². The number of halogens is 3. The average Bonchev–Trinajstić information content (AvgIpc) is 3.02. The Morgan fingerprint density at radius 3 is 2.52 bits per heavy atom. The fourth-order valence-electron chi connectivity index (χ4n) is 2.72. The van der Waals surface area contributed by atoms with Gasteiger partial charge in [-0.2, -0.15) is 11.3 Å². The first-order valence-corrected chi connectivity index (χ1v) is 8.48. The van der Waals surface area contributed by atoms with Crippen LogP contribution in [0.25, 0.3) is 0 Å². The highest BCUT2D eigenvalue weighted by molar-refractivity contribution is 7.08. The Balaban J connectivity index is 2.09. The van der Waals surface area contributed by atoms with Gasteiger partial charge in [0.2, 0.25) is 0 Å². The van der Waals surface area contributed by atoms with Crippen molar-refractivity contribution in [3.8, 4) is 0 Å². The van der Waals surface area contributed by atoms with Crippen LogP contribution in [0.2, 0.25) is 10.0 Å². The number of nitrogens with one attached hydrogen (secondary N) is 1. The van der Waals surface area contributed by atoms with Gasteiger partial charge in [0.15, 0.2) is 0 Å². The van der Waals surface area contributed by atoms with Crippen molar-refractivity contribution in [3.63, 3.8) is 0 Å². The second kappa shape index (κ2) is 6.63. The molecule has 3 rings (SSSR count). The van der Waals surface area contributed by atoms with Crippen LogP contribution in [0.5, 0.6) is 0 Å². The molecular formula is C15H15Cl2FN2S. The summed E-state index contributed by atoms with van der Waals surface area (Å²) >= 11 is 13.9. The number of nitrogens with zero attached hydrogens (tertiary/aromatic N) is 1. The first-order chi connectivity index (χ1) is 10.2. The Labute approximate surface area is 137 Å². The predicted molar refractivity (Wildman–Crippen MR) is 87.0 cm³/mol. The van der Waals surface area contributed by atoms with Gasteiger partial charge in [-0.15, -0.1) is 0 Å². The molecule has 2 heterocycles. The molecule has 112 valence electrons. The van der Waals surface area contributed by atoms with Gasteiger partial charge >= 0.3 is 0 Å². The zero-order valence-corrected chi connectivity index (χ0v) is 13.6. The predicted octanol–water partition coefficient (Wildman–Crippen LogP) is 4.19. The molecule has 2 nitrogen and oxygen atoms in total. The van der Waals surface area contributed by atoms with E-state index >= 15 is 0 Å². The molecule has 2 aromatic rings. The molecule has 21 heavy (non-hydrogen) atoms. The summed E-state index contributed by atoms with van der Waals surface area (Å²) in [6.45, 7) is 3.48. The van der Waals surface area contributed by atoms with Crippen molar-refractivity contribution in [2.75, 3.05) is 26.2 Å². The van der Waals surface area contributed by atoms with Crippen molar-refractivity contribution in [1.29, 1.82) is 0 Å². The van der Waals surface area contributed by atoms with E-state index in [2.05, 4.69) is 10.2 Å². The Hall–Kier alpha value is -0.650. The quantitative estimate of drug-likeness (QED) is 0.840. The van der Waals surface area contributed by atoms with Crippen LogP contribution in [0.3, 0.4) is 0 Å². The summed E-state index contributed by atoms with van der Waals surface area (Å²) in [5.74, 6) is -0.418. The molecule has 1 atom stereocenters. The Bertz CT molecular complexity index is 612. The number of piperazine rings is 1. The van der Waals surface area contributed by atoms with E-state index in [4.69, 9.17) is 23.2 Å². The van der Waals surface area contributed by atoms with E-state index in [9.17, 15) is 4.39 Å². The van der Waals surface area contributed by atoms with Crippen molar-refractivity contribution in [1.82, 2.24) is 10.2 Å². The van der Waals surface area contributed by atoms with Gasteiger partial charge < -0.3 is 5.32 Å². The summed E-state index contributed by atoms with van der Waals surface area (Å²) in [5, 5.41) is 7.90. The second-order valence-corrected chi connectivity index (χ2v) is 6.60. The Morgan fingerprint density at radius 1 is 1.14 bits per heavy atom. The normalized spacial score (nSPS) is 17.9. The van der Waals surface area contributed by atoms with Crippen LogP contribution in [0.1, 0.15) is 17.2 Å². The number of hydrogen-bond donors (Lipinski definition) is 1. The monoisotopic (exact) mass is 344 g/mol. The molecule has 1 N–H and O–H groups in total. The lowest BCUT2D eigenvalue weighted by Gasteiger charge is -2.35. The summed E-state index contributed by atoms with van der Waals surface area (Å²) in [7, 11) is 0. The van der Waals surface area contributed by atoms with E-state index in [1.54, 1.807) is 17.4 Å². The van der Waals surface area contributed by atoms with E-state index in [1.165, 1.54) is 6.07 Å². The van der Waals surface area contributed by atoms with E-state index in [0.717, 1.165) is 31.7 Å². The number of benzene rings is 1. The fourth-order valence-corrected chi connectivity index (χ4v) is 3.82. The maximum Gasteiger partial charge on any atom is 0.148 e. The highest BCUT2D eigenvalue weighted by atomic mass is 35.5. The molecule has 0 saturated carbocycles. The van der Waals surface area contributed by atoms with Crippen LogP contribution >= 0.6 is 34.5 Å². The lowest BCUT2D eigenvalue weighted by molar-refractivity contribution is 0.196. The van der Waals surface area contributed by atoms with E-state index < -0.39 is 5.82 Å². The smallest absolute Gasteiger partial charge is 0.148 e. The van der Waals surface area contributed by atoms with Gasteiger partial charge in [-0.1, -0.05) is 23.2 Å². The number of hydrogen-bond acceptors (Lipinski definition) is 3. The van der Waals surface area contributed by atoms with Gasteiger partial charge in [0.25, 0.3) is 0 Å². The molecule has 6 heteroatoms. The van der Waals surface area contributed by atoms with Crippen LogP contribution in [0, 0.1) is 5.82 Å². The van der Waals surface area contributed by atoms with E-state index in [0.29, 0.717) is 10.6 Å². The molecule has 0 spiro atoms. The molecule has 0 aliphatic carbocycles. The molecule has 0 bridgehead atoms. The van der Waals surface area contributed by atoms with Crippen LogP contribution in [-0.2, 0) is 0 Å². The third-order valence-electron chi connectivity index (χ3n) is 3.73. The first kappa shape index (κ1) is 15.3. The van der Waals surface area contributed by atoms with E-state index in [1.807, 2.05) is 16.8 Å². The second-order valence-electron chi connectivity index (χ2n) is 5.00. The van der Waals surface area contributed by atoms with Crippen LogP contribution < -0.4 is 5.32 Å². The molecule has 1 aliphatic heterocycles. The standard InChI is InChI=1S/C15H15Cl2FN2S/c16-11-1-2-12(17)14(18)13(11)15(10-3-8-21-9-10)20-6-4-19-5-7-20/h1-3,8-9,15,19H,4-7H2/t15-/m0/s1. The average molecular weight is 345 g/mol. The summed E-state index contributed by atoms with van der Waals surface area (Å²) in [6, 6.07) is 5.01. The molecule has 1 aliphatic rings. The maximum absolute atomic E-state index is 14.6. The topological polar surface area (TPSA) is 15.3 Å². The van der Waals surface area contributed by atoms with E-state index in [-0.39, 0.29) is 11.1 Å². The minimum atomic E-state index is -0.418. The summed E-state index contributed by atoms with van der Waals surface area (Å²) in [4.78, 5) is 2.25. The van der Waals surface area contributed by atoms with Crippen molar-refractivity contribution in [2.24, 2.45) is 0 Å². The molecule has 1 fully saturated rings. The lowest BCUT2D eigenvalue weighted by atomic mass is 9.98. The first-order valence-electron chi connectivity index (χ1n) is 6.78. The fraction of sp³-hybridized carbons (Fsp3) is 0.333. The number of thiophene rings is 1. The molecule has 0 amide bonds. The summed E-state index contributed by atoms with van der Waals surface area (Å²) < 4.78 is 14.6. The van der Waals surface area contributed by atoms with Gasteiger partial charge in [0.1, 0.15) is 5.82 Å². The SMILES string of the molecule is Fc1c(Cl)ccc(Cl)c1[C@H](c1ccsc1)N1CCNCC1. The molecule has 0 unspecified atom stereocenters. The minimum Gasteiger partial charge on any atom is -0.314 e. The zero-order valence-electron chi connectivity index (χ0n) is 11.3. The van der Waals surface area contributed by atoms with Crippen molar-refractivity contribution < 1.29 is 4.39 Å². The molecule has 1 saturated heterocycles. The van der Waals surface area contributed by atoms with Gasteiger partial charge in [-0.3, -0.25) is 4.90 Å². The third kappa shape index (κ3) is 3.10. The third-order valence-corrected chi connectivity index (χ3v) is 5.05. The Kier molecular flexibility index (Phi) is 4.82. The van der Waals surface area contributed by atoms with Crippen molar-refractivity contribution in [2.45, 2.75) is 6.04 Å². The van der Waals surface area contributed by atoms with Gasteiger partial charge in [-0.05, 0) is 34.5 Å². The van der Waals surface area contributed by atoms with Crippen molar-refractivity contribution >= 4 is 34.5 Å². The zero-order chi connectivity index (χ0) is 14.8. The summed E-state index contributed by atoms with van der Waals surface area (Å²) in [5.41, 5.74) is 1.54. The number of rotatable bonds is 3. The van der Waals surface area contributed by atoms with Crippen LogP contribution in [0.15, 0.2) is 29.0 Å². The largest absolute Gasteiger partial charge is 0.314 e. The van der Waals surface area contributed by atoms with Crippen molar-refractivity contribution in [3.05, 3.63) is 55.9 Å². The van der Waals surface area contributed by atoms with Gasteiger partial charge in [-0.25, -0.2) is 4.39 Å². The van der Waals surface area contributed by atoms with Gasteiger partial charge in [0.05, 0.1) is 11.1 Å². The van der Waals surface area contributed by atoms with Gasteiger partial charge in [0, 0.05) is 36.8 Å². The lowest BCUT2D eigenvalue weighted by Crippen LogP contribution is -2.45. The summed E-state index contributed by atoms with van der Waals surface area (Å²) in [6.07, 6.45) is 0. The highest BCUT2D eigenvalue weighted by Gasteiger charge is 2.29. The minimum absolute atomic E-state index is 0.116. The maximum atomic E-state index is 14.6.